The molecule has 2 aromatic carbocycles. The smallest absolute Gasteiger partial charge is 0.332 e. The van der Waals surface area contributed by atoms with Crippen LogP contribution in [0.5, 0.6) is 0 Å². The first-order valence-corrected chi connectivity index (χ1v) is 8.93. The predicted molar refractivity (Wildman–Crippen MR) is 106 cm³/mol. The molecule has 0 fully saturated rings. The molecule has 1 N–H and O–H groups in total. The van der Waals surface area contributed by atoms with E-state index >= 15 is 0 Å². The second-order valence-electron chi connectivity index (χ2n) is 7.70. The van der Waals surface area contributed by atoms with Gasteiger partial charge in [0.2, 0.25) is 5.91 Å². The van der Waals surface area contributed by atoms with Gasteiger partial charge in [0.15, 0.2) is 0 Å². The summed E-state index contributed by atoms with van der Waals surface area (Å²) in [6, 6.07) is 12.3. The Balaban J connectivity index is 2.12. The fourth-order valence-electron chi connectivity index (χ4n) is 3.04. The van der Waals surface area contributed by atoms with Gasteiger partial charge in [-0.05, 0) is 50.6 Å². The van der Waals surface area contributed by atoms with Crippen LogP contribution in [0.3, 0.4) is 0 Å². The molecule has 3 aromatic rings. The van der Waals surface area contributed by atoms with E-state index in [9.17, 15) is 18.8 Å². The third kappa shape index (κ3) is 4.19. The number of hydrogen-bond donors (Lipinski definition) is 1. The van der Waals surface area contributed by atoms with Crippen LogP contribution < -0.4 is 16.6 Å². The van der Waals surface area contributed by atoms with Gasteiger partial charge in [0, 0.05) is 5.54 Å². The molecule has 0 unspecified atom stereocenters. The van der Waals surface area contributed by atoms with Gasteiger partial charge in [0.05, 0.1) is 17.4 Å². The molecule has 0 aliphatic rings. The molecule has 0 saturated carbocycles. The minimum Gasteiger partial charge on any atom is -0.350 e. The Morgan fingerprint density at radius 1 is 1.00 bits per heavy atom. The van der Waals surface area contributed by atoms with Crippen molar-refractivity contribution in [2.24, 2.45) is 0 Å². The largest absolute Gasteiger partial charge is 0.350 e. The average Bonchev–Trinajstić information content (AvgIpc) is 2.62. The third-order valence-electron chi connectivity index (χ3n) is 4.20. The van der Waals surface area contributed by atoms with Crippen LogP contribution in [0.4, 0.5) is 4.39 Å². The number of fused-ring (bicyclic) bond motifs is 1. The number of carbonyl (C=O) groups excluding carboxylic acids is 1. The number of para-hydroxylation sites is 1. The Kier molecular flexibility index (Phi) is 5.18. The Morgan fingerprint density at radius 2 is 1.64 bits per heavy atom. The number of halogens is 1. The molecular formula is C21H22FN3O3. The summed E-state index contributed by atoms with van der Waals surface area (Å²) in [6.07, 6.45) is 0. The number of benzene rings is 2. The summed E-state index contributed by atoms with van der Waals surface area (Å²) in [4.78, 5) is 38.3. The topological polar surface area (TPSA) is 73.1 Å². The second-order valence-corrected chi connectivity index (χ2v) is 7.70. The van der Waals surface area contributed by atoms with Gasteiger partial charge in [-0.3, -0.25) is 18.7 Å². The second kappa shape index (κ2) is 7.42. The lowest BCUT2D eigenvalue weighted by atomic mass is 10.1. The molecule has 6 nitrogen and oxygen atoms in total. The van der Waals surface area contributed by atoms with E-state index in [1.807, 2.05) is 20.8 Å². The molecule has 7 heteroatoms. The molecular weight excluding hydrogens is 361 g/mol. The third-order valence-corrected chi connectivity index (χ3v) is 4.20. The van der Waals surface area contributed by atoms with E-state index in [-0.39, 0.29) is 19.0 Å². The number of aromatic nitrogens is 2. The van der Waals surface area contributed by atoms with Crippen molar-refractivity contribution in [3.63, 3.8) is 0 Å². The first-order valence-electron chi connectivity index (χ1n) is 8.93. The molecule has 146 valence electrons. The van der Waals surface area contributed by atoms with Crippen molar-refractivity contribution in [1.29, 1.82) is 0 Å². The minimum atomic E-state index is -0.586. The van der Waals surface area contributed by atoms with E-state index in [0.29, 0.717) is 16.5 Å². The summed E-state index contributed by atoms with van der Waals surface area (Å²) in [7, 11) is 0. The Labute approximate surface area is 161 Å². The van der Waals surface area contributed by atoms with Gasteiger partial charge in [-0.15, -0.1) is 0 Å². The molecule has 0 saturated heterocycles. The predicted octanol–water partition coefficient (Wildman–Crippen LogP) is 2.27. The van der Waals surface area contributed by atoms with Crippen molar-refractivity contribution < 1.29 is 9.18 Å². The Bertz CT molecular complexity index is 1140. The lowest BCUT2D eigenvalue weighted by Crippen LogP contribution is -2.46. The van der Waals surface area contributed by atoms with E-state index in [0.717, 1.165) is 4.57 Å². The minimum absolute atomic E-state index is 0.0102. The summed E-state index contributed by atoms with van der Waals surface area (Å²) in [5.74, 6) is -0.724. The number of hydrogen-bond acceptors (Lipinski definition) is 3. The van der Waals surface area contributed by atoms with Gasteiger partial charge < -0.3 is 5.32 Å². The summed E-state index contributed by atoms with van der Waals surface area (Å²) in [5, 5.41) is 3.16. The van der Waals surface area contributed by atoms with Crippen LogP contribution in [-0.4, -0.2) is 20.6 Å². The zero-order chi connectivity index (χ0) is 20.5. The van der Waals surface area contributed by atoms with Crippen LogP contribution in [0, 0.1) is 5.82 Å². The molecule has 0 spiro atoms. The highest BCUT2D eigenvalue weighted by molar-refractivity contribution is 5.81. The molecule has 1 aromatic heterocycles. The van der Waals surface area contributed by atoms with E-state index in [1.165, 1.54) is 28.8 Å². The number of amides is 1. The molecule has 0 bridgehead atoms. The van der Waals surface area contributed by atoms with Crippen molar-refractivity contribution in [3.05, 3.63) is 80.7 Å². The van der Waals surface area contributed by atoms with Crippen LogP contribution >= 0.6 is 0 Å². The summed E-state index contributed by atoms with van der Waals surface area (Å²) < 4.78 is 15.5. The molecule has 3 rings (SSSR count). The molecule has 28 heavy (non-hydrogen) atoms. The highest BCUT2D eigenvalue weighted by Gasteiger charge is 2.18. The fourth-order valence-corrected chi connectivity index (χ4v) is 3.04. The summed E-state index contributed by atoms with van der Waals surface area (Å²) >= 11 is 0. The molecule has 1 heterocycles. The number of nitrogens with one attached hydrogen (secondary N) is 1. The quantitative estimate of drug-likeness (QED) is 0.751. The van der Waals surface area contributed by atoms with Gasteiger partial charge in [0.1, 0.15) is 12.4 Å². The zero-order valence-corrected chi connectivity index (χ0v) is 16.0. The van der Waals surface area contributed by atoms with Crippen molar-refractivity contribution >= 4 is 16.8 Å². The highest BCUT2D eigenvalue weighted by atomic mass is 19.1. The molecule has 0 aliphatic carbocycles. The first kappa shape index (κ1) is 19.5. The molecule has 0 aliphatic heterocycles. The fraction of sp³-hybridized carbons (Fsp3) is 0.286. The van der Waals surface area contributed by atoms with E-state index < -0.39 is 22.6 Å². The first-order chi connectivity index (χ1) is 13.2. The number of rotatable bonds is 4. The van der Waals surface area contributed by atoms with Gasteiger partial charge >= 0.3 is 5.69 Å². The average molecular weight is 383 g/mol. The van der Waals surface area contributed by atoms with E-state index in [1.54, 1.807) is 24.3 Å². The number of carbonyl (C=O) groups is 1. The van der Waals surface area contributed by atoms with Gasteiger partial charge in [-0.25, -0.2) is 9.18 Å². The van der Waals surface area contributed by atoms with Crippen LogP contribution in [0.2, 0.25) is 0 Å². The van der Waals surface area contributed by atoms with Crippen molar-refractivity contribution in [1.82, 2.24) is 14.5 Å². The lowest BCUT2D eigenvalue weighted by Gasteiger charge is -2.21. The SMILES string of the molecule is CC(C)(C)NC(=O)Cn1c(=O)n(Cc2ccc(F)cc2)c(=O)c2ccccc21. The van der Waals surface area contributed by atoms with Gasteiger partial charge in [0.25, 0.3) is 5.56 Å². The van der Waals surface area contributed by atoms with Crippen molar-refractivity contribution in [3.8, 4) is 0 Å². The van der Waals surface area contributed by atoms with E-state index in [2.05, 4.69) is 5.32 Å². The van der Waals surface area contributed by atoms with Crippen LogP contribution in [0.1, 0.15) is 26.3 Å². The Hall–Kier alpha value is -3.22. The lowest BCUT2D eigenvalue weighted by molar-refractivity contribution is -0.123. The monoisotopic (exact) mass is 383 g/mol. The van der Waals surface area contributed by atoms with Crippen molar-refractivity contribution in [2.45, 2.75) is 39.4 Å². The highest BCUT2D eigenvalue weighted by Crippen LogP contribution is 2.09. The van der Waals surface area contributed by atoms with Crippen LogP contribution in [0.25, 0.3) is 10.9 Å². The maximum atomic E-state index is 13.2. The van der Waals surface area contributed by atoms with Gasteiger partial charge in [-0.2, -0.15) is 0 Å². The van der Waals surface area contributed by atoms with Gasteiger partial charge in [-0.1, -0.05) is 24.3 Å². The zero-order valence-electron chi connectivity index (χ0n) is 16.0. The molecule has 0 radical (unpaired) electrons. The van der Waals surface area contributed by atoms with E-state index in [4.69, 9.17) is 0 Å². The Morgan fingerprint density at radius 3 is 2.29 bits per heavy atom. The number of nitrogens with zero attached hydrogens (tertiary/aromatic N) is 2. The maximum absolute atomic E-state index is 13.2. The normalized spacial score (nSPS) is 11.6. The van der Waals surface area contributed by atoms with Crippen molar-refractivity contribution in [2.75, 3.05) is 0 Å². The summed E-state index contributed by atoms with van der Waals surface area (Å²) in [5.41, 5.74) is -0.466. The van der Waals surface area contributed by atoms with Crippen LogP contribution in [-0.2, 0) is 17.9 Å². The summed E-state index contributed by atoms with van der Waals surface area (Å²) in [6.45, 7) is 5.33. The molecule has 1 amide bonds. The molecule has 0 atom stereocenters. The standard InChI is InChI=1S/C21H22FN3O3/c1-21(2,3)23-18(26)13-24-17-7-5-4-6-16(17)19(27)25(20(24)28)12-14-8-10-15(22)11-9-14/h4-11H,12-13H2,1-3H3,(H,23,26). The van der Waals surface area contributed by atoms with Crippen LogP contribution in [0.15, 0.2) is 58.1 Å². The maximum Gasteiger partial charge on any atom is 0.332 e.